The van der Waals surface area contributed by atoms with Crippen molar-refractivity contribution in [3.8, 4) is 0 Å². The molecule has 0 radical (unpaired) electrons. The summed E-state index contributed by atoms with van der Waals surface area (Å²) in [7, 11) is -17.9. The average molecular weight is 1120 g/mol. The lowest BCUT2D eigenvalue weighted by Gasteiger charge is -2.17. The van der Waals surface area contributed by atoms with Crippen LogP contribution in [-0.2, 0) is 65.9 Å². The summed E-state index contributed by atoms with van der Waals surface area (Å²) in [5, 5.41) is 16.1. The molecule has 3 aromatic carbocycles. The fourth-order valence-electron chi connectivity index (χ4n) is 6.56. The van der Waals surface area contributed by atoms with Crippen LogP contribution in [0.25, 0.3) is 0 Å². The molecule has 3 aromatic rings. The molecule has 0 aliphatic rings. The van der Waals surface area contributed by atoms with Crippen molar-refractivity contribution in [3.05, 3.63) is 95.1 Å². The van der Waals surface area contributed by atoms with Crippen LogP contribution >= 0.6 is 15.6 Å². The van der Waals surface area contributed by atoms with Gasteiger partial charge in [0.2, 0.25) is 5.91 Å². The molecule has 2 atom stereocenters. The minimum Gasteiger partial charge on any atom is -0.465 e. The fraction of sp³-hybridized carbons (Fsp3) is 0.532. The van der Waals surface area contributed by atoms with Gasteiger partial charge in [-0.05, 0) is 88.8 Å². The van der Waals surface area contributed by atoms with E-state index >= 15 is 0 Å². The SMILES string of the molecule is Cc1ccc(S(=O)(=O)CC(CS(=O)(=O)c2ccc(C)cc2)C(=O)c2ccc(C(=O)NCCOCCOCCOCCOCCC(=O)NCCCCCOP(=O)(O)OP(=O)(O)OCCCCCNC(=O)O)cc2)cc1. The first-order chi connectivity index (χ1) is 35.1. The summed E-state index contributed by atoms with van der Waals surface area (Å²) >= 11 is 0. The highest BCUT2D eigenvalue weighted by Crippen LogP contribution is 2.60. The second kappa shape index (κ2) is 33.5. The van der Waals surface area contributed by atoms with Gasteiger partial charge >= 0.3 is 21.7 Å². The molecule has 0 saturated carbocycles. The molecule has 23 nitrogen and oxygen atoms in total. The molecule has 0 aromatic heterocycles. The van der Waals surface area contributed by atoms with E-state index in [-0.39, 0.29) is 106 Å². The summed E-state index contributed by atoms with van der Waals surface area (Å²) in [6, 6.07) is 17.7. The zero-order chi connectivity index (χ0) is 54.5. The van der Waals surface area contributed by atoms with Crippen LogP contribution in [0.4, 0.5) is 4.79 Å². The highest BCUT2D eigenvalue weighted by Gasteiger charge is 2.35. The number of rotatable bonds is 40. The molecule has 0 saturated heterocycles. The largest absolute Gasteiger partial charge is 0.481 e. The Kier molecular flexibility index (Phi) is 28.9. The van der Waals surface area contributed by atoms with Gasteiger partial charge in [0.05, 0.1) is 93.3 Å². The van der Waals surface area contributed by atoms with E-state index in [1.807, 2.05) is 0 Å². The number of sulfone groups is 2. The monoisotopic (exact) mass is 1120 g/mol. The summed E-state index contributed by atoms with van der Waals surface area (Å²) in [5.74, 6) is -4.27. The van der Waals surface area contributed by atoms with Crippen LogP contribution < -0.4 is 16.0 Å². The first-order valence-electron chi connectivity index (χ1n) is 23.8. The molecule has 3 rings (SSSR count). The highest BCUT2D eigenvalue weighted by molar-refractivity contribution is 7.92. The smallest absolute Gasteiger partial charge is 0.465 e. The Balaban J connectivity index is 1.19. The number of carboxylic acid groups (broad SMARTS) is 1. The zero-order valence-corrected chi connectivity index (χ0v) is 45.0. The van der Waals surface area contributed by atoms with Crippen LogP contribution in [0.3, 0.4) is 0 Å². The lowest BCUT2D eigenvalue weighted by atomic mass is 9.99. The van der Waals surface area contributed by atoms with E-state index in [0.717, 1.165) is 11.1 Å². The number of amides is 3. The molecule has 0 bridgehead atoms. The minimum absolute atomic E-state index is 0.0287. The van der Waals surface area contributed by atoms with Gasteiger partial charge in [0.15, 0.2) is 25.5 Å². The molecule has 74 heavy (non-hydrogen) atoms. The number of aryl methyl sites for hydroxylation is 2. The molecule has 0 aliphatic carbocycles. The van der Waals surface area contributed by atoms with Gasteiger partial charge in [0.1, 0.15) is 0 Å². The van der Waals surface area contributed by atoms with Gasteiger partial charge in [-0.15, -0.1) is 0 Å². The summed E-state index contributed by atoms with van der Waals surface area (Å²) in [4.78, 5) is 68.3. The summed E-state index contributed by atoms with van der Waals surface area (Å²) in [6.07, 6.45) is 1.55. The van der Waals surface area contributed by atoms with Gasteiger partial charge in [0.25, 0.3) is 5.91 Å². The van der Waals surface area contributed by atoms with Crippen LogP contribution in [0.5, 0.6) is 0 Å². The average Bonchev–Trinajstić information content (AvgIpc) is 3.33. The molecule has 0 fully saturated rings. The van der Waals surface area contributed by atoms with Crippen molar-refractivity contribution < 1.29 is 92.3 Å². The van der Waals surface area contributed by atoms with Crippen LogP contribution in [-0.4, -0.2) is 153 Å². The number of benzene rings is 3. The predicted octanol–water partition coefficient (Wildman–Crippen LogP) is 5.21. The van der Waals surface area contributed by atoms with Gasteiger partial charge in [0, 0.05) is 37.2 Å². The minimum atomic E-state index is -4.88. The maximum Gasteiger partial charge on any atom is 0.481 e. The molecule has 0 aliphatic heterocycles. The Morgan fingerprint density at radius 3 is 1.39 bits per heavy atom. The van der Waals surface area contributed by atoms with E-state index in [1.165, 1.54) is 48.5 Å². The first-order valence-corrected chi connectivity index (χ1v) is 30.1. The molecule has 414 valence electrons. The van der Waals surface area contributed by atoms with Gasteiger partial charge in [-0.25, -0.2) is 30.8 Å². The number of carbonyl (C=O) groups is 4. The number of ether oxygens (including phenoxy) is 4. The molecule has 3 amide bonds. The second-order valence-electron chi connectivity index (χ2n) is 16.7. The highest BCUT2D eigenvalue weighted by atomic mass is 32.2. The van der Waals surface area contributed by atoms with Gasteiger partial charge in [-0.3, -0.25) is 23.4 Å². The Morgan fingerprint density at radius 1 is 0.514 bits per heavy atom. The van der Waals surface area contributed by atoms with E-state index in [9.17, 15) is 54.9 Å². The van der Waals surface area contributed by atoms with Crippen molar-refractivity contribution in [2.24, 2.45) is 5.92 Å². The second-order valence-corrected chi connectivity index (χ2v) is 23.8. The third-order valence-electron chi connectivity index (χ3n) is 10.5. The topological polar surface area (TPSA) is 332 Å². The lowest BCUT2D eigenvalue weighted by Crippen LogP contribution is -2.31. The van der Waals surface area contributed by atoms with E-state index in [1.54, 1.807) is 38.1 Å². The first kappa shape index (κ1) is 63.8. The zero-order valence-electron chi connectivity index (χ0n) is 41.6. The van der Waals surface area contributed by atoms with Crippen molar-refractivity contribution >= 4 is 59.0 Å². The van der Waals surface area contributed by atoms with Crippen molar-refractivity contribution in [1.29, 1.82) is 0 Å². The van der Waals surface area contributed by atoms with Gasteiger partial charge in [-0.2, -0.15) is 4.31 Å². The number of phosphoric ester groups is 2. The Bertz CT molecular complexity index is 2440. The lowest BCUT2D eigenvalue weighted by molar-refractivity contribution is -0.122. The van der Waals surface area contributed by atoms with Crippen molar-refractivity contribution in [2.75, 3.05) is 97.2 Å². The number of Topliss-reactive ketones (excluding diaryl/α,β-unsaturated/α-hetero) is 1. The van der Waals surface area contributed by atoms with Crippen LogP contribution in [0.1, 0.15) is 76.8 Å². The number of ketones is 1. The number of hydrogen-bond acceptors (Lipinski definition) is 17. The van der Waals surface area contributed by atoms with Gasteiger partial charge < -0.3 is 49.8 Å². The number of nitrogens with one attached hydrogen (secondary N) is 3. The van der Waals surface area contributed by atoms with Crippen LogP contribution in [0, 0.1) is 19.8 Å². The van der Waals surface area contributed by atoms with Crippen molar-refractivity contribution in [1.82, 2.24) is 16.0 Å². The van der Waals surface area contributed by atoms with Crippen molar-refractivity contribution in [2.45, 2.75) is 68.6 Å². The van der Waals surface area contributed by atoms with E-state index in [2.05, 4.69) is 24.8 Å². The van der Waals surface area contributed by atoms with E-state index in [4.69, 9.17) is 28.6 Å². The molecule has 2 unspecified atom stereocenters. The Morgan fingerprint density at radius 2 is 0.932 bits per heavy atom. The summed E-state index contributed by atoms with van der Waals surface area (Å²) in [5.41, 5.74) is 1.94. The third-order valence-corrected chi connectivity index (χ3v) is 16.8. The van der Waals surface area contributed by atoms with Crippen molar-refractivity contribution in [3.63, 3.8) is 0 Å². The van der Waals surface area contributed by atoms with Gasteiger partial charge in [-0.1, -0.05) is 47.5 Å². The third kappa shape index (κ3) is 26.8. The number of hydrogen-bond donors (Lipinski definition) is 6. The standard InChI is InChI=1S/C47H69N3O20P2S2/c1-37-9-17-42(18-10-37)73(60,61)35-41(36-74(62,63)43-19-11-38(2)12-20-43)45(52)39-13-15-40(16-14-39)46(53)49-24-28-65-30-32-67-34-33-66-31-29-64-27-21-44(51)48-22-5-3-7-25-68-71(56,57)70-72(58,59)69-26-8-4-6-23-50-47(54)55/h9-20,41,50H,3-8,21-36H2,1-2H3,(H,48,51)(H,49,53)(H,54,55)(H,56,57)(H,58,59). The number of phosphoric acid groups is 2. The van der Waals surface area contributed by atoms with Crippen LogP contribution in [0.15, 0.2) is 82.6 Å². The quantitative estimate of drug-likeness (QED) is 0.0242. The molecular formula is C47H69N3O20P2S2. The van der Waals surface area contributed by atoms with E-state index in [0.29, 0.717) is 51.9 Å². The Labute approximate surface area is 432 Å². The molecule has 6 N–H and O–H groups in total. The summed E-state index contributed by atoms with van der Waals surface area (Å²) in [6.45, 7) is 5.85. The Hall–Kier alpha value is -4.46. The molecular weight excluding hydrogens is 1050 g/mol. The molecule has 0 spiro atoms. The predicted molar refractivity (Wildman–Crippen MR) is 270 cm³/mol. The molecule has 27 heteroatoms. The maximum atomic E-state index is 13.8. The fourth-order valence-corrected chi connectivity index (χ4v) is 11.9. The maximum absolute atomic E-state index is 13.8. The normalized spacial score (nSPS) is 13.5. The summed E-state index contributed by atoms with van der Waals surface area (Å²) < 4.78 is 113. The van der Waals surface area contributed by atoms with E-state index < -0.39 is 70.5 Å². The van der Waals surface area contributed by atoms with Crippen LogP contribution in [0.2, 0.25) is 0 Å². The molecule has 0 heterocycles. The number of carbonyl (C=O) groups excluding carboxylic acids is 3. The number of unbranched alkanes of at least 4 members (excludes halogenated alkanes) is 4.